The molecule has 0 aromatic carbocycles. The molecule has 120 valence electrons. The van der Waals surface area contributed by atoms with E-state index in [1.807, 2.05) is 41.8 Å². The number of thiophene rings is 1. The van der Waals surface area contributed by atoms with Gasteiger partial charge in [0.25, 0.3) is 0 Å². The standard InChI is InChI=1S/C17H15N5OS/c1-23-16-7-4-11(9-20-16)13-10-19-15-6-5-12(21-22(13)15)17(18)14-3-2-8-24-14/h2-10,17H,18H2,1H3. The van der Waals surface area contributed by atoms with Gasteiger partial charge in [0.1, 0.15) is 0 Å². The van der Waals surface area contributed by atoms with E-state index in [0.29, 0.717) is 5.88 Å². The van der Waals surface area contributed by atoms with Gasteiger partial charge in [-0.25, -0.2) is 14.5 Å². The predicted molar refractivity (Wildman–Crippen MR) is 93.1 cm³/mol. The van der Waals surface area contributed by atoms with Crippen LogP contribution in [-0.4, -0.2) is 26.7 Å². The highest BCUT2D eigenvalue weighted by Crippen LogP contribution is 2.25. The van der Waals surface area contributed by atoms with Crippen LogP contribution in [0, 0.1) is 0 Å². The molecule has 4 aromatic heterocycles. The summed E-state index contributed by atoms with van der Waals surface area (Å²) in [5.41, 5.74) is 9.67. The Kier molecular flexibility index (Phi) is 3.72. The van der Waals surface area contributed by atoms with Gasteiger partial charge in [-0.2, -0.15) is 5.10 Å². The minimum atomic E-state index is -0.251. The van der Waals surface area contributed by atoms with Gasteiger partial charge in [0.15, 0.2) is 5.65 Å². The Bertz CT molecular complexity index is 962. The lowest BCUT2D eigenvalue weighted by Crippen LogP contribution is -2.14. The lowest BCUT2D eigenvalue weighted by molar-refractivity contribution is 0.398. The molecule has 4 heterocycles. The zero-order valence-corrected chi connectivity index (χ0v) is 13.8. The van der Waals surface area contributed by atoms with Gasteiger partial charge in [-0.05, 0) is 29.6 Å². The summed E-state index contributed by atoms with van der Waals surface area (Å²) in [6.07, 6.45) is 3.53. The molecule has 0 saturated carbocycles. The first-order valence-corrected chi connectivity index (χ1v) is 8.28. The molecule has 24 heavy (non-hydrogen) atoms. The van der Waals surface area contributed by atoms with E-state index in [9.17, 15) is 0 Å². The molecule has 0 radical (unpaired) electrons. The maximum atomic E-state index is 6.33. The van der Waals surface area contributed by atoms with Crippen molar-refractivity contribution in [1.82, 2.24) is 19.6 Å². The number of ether oxygens (including phenoxy) is 1. The van der Waals surface area contributed by atoms with Gasteiger partial charge in [0.2, 0.25) is 5.88 Å². The summed E-state index contributed by atoms with van der Waals surface area (Å²) in [7, 11) is 1.59. The molecular weight excluding hydrogens is 322 g/mol. The number of hydrogen-bond acceptors (Lipinski definition) is 6. The SMILES string of the molecule is COc1ccc(-c2cnc3ccc(C(N)c4cccs4)nn23)cn1. The van der Waals surface area contributed by atoms with Crippen molar-refractivity contribution in [3.8, 4) is 17.1 Å². The number of methoxy groups -OCH3 is 1. The number of aromatic nitrogens is 4. The second-order valence-electron chi connectivity index (χ2n) is 5.25. The van der Waals surface area contributed by atoms with Crippen LogP contribution < -0.4 is 10.5 Å². The van der Waals surface area contributed by atoms with Crippen molar-refractivity contribution >= 4 is 17.0 Å². The molecule has 7 heteroatoms. The van der Waals surface area contributed by atoms with Crippen molar-refractivity contribution in [3.05, 3.63) is 64.7 Å². The fourth-order valence-corrected chi connectivity index (χ4v) is 3.26. The molecule has 0 spiro atoms. The van der Waals surface area contributed by atoms with Crippen molar-refractivity contribution in [2.24, 2.45) is 5.73 Å². The van der Waals surface area contributed by atoms with Crippen LogP contribution in [0.15, 0.2) is 54.2 Å². The Labute approximate surface area is 142 Å². The number of fused-ring (bicyclic) bond motifs is 1. The Balaban J connectivity index is 1.78. The molecular formula is C17H15N5OS. The van der Waals surface area contributed by atoms with Crippen LogP contribution in [0.4, 0.5) is 0 Å². The van der Waals surface area contributed by atoms with Gasteiger partial charge >= 0.3 is 0 Å². The lowest BCUT2D eigenvalue weighted by atomic mass is 10.2. The molecule has 4 aromatic rings. The van der Waals surface area contributed by atoms with Crippen LogP contribution in [0.3, 0.4) is 0 Å². The van der Waals surface area contributed by atoms with Crippen molar-refractivity contribution in [1.29, 1.82) is 0 Å². The summed E-state index contributed by atoms with van der Waals surface area (Å²) in [4.78, 5) is 9.73. The molecule has 0 saturated heterocycles. The van der Waals surface area contributed by atoms with Gasteiger partial charge in [-0.3, -0.25) is 0 Å². The van der Waals surface area contributed by atoms with E-state index in [1.54, 1.807) is 35.4 Å². The Morgan fingerprint density at radius 1 is 1.12 bits per heavy atom. The third kappa shape index (κ3) is 2.53. The minimum Gasteiger partial charge on any atom is -0.481 e. The van der Waals surface area contributed by atoms with E-state index in [-0.39, 0.29) is 6.04 Å². The molecule has 0 fully saturated rings. The summed E-state index contributed by atoms with van der Waals surface area (Å²) in [5, 5.41) is 6.70. The number of nitrogens with two attached hydrogens (primary N) is 1. The first kappa shape index (κ1) is 14.8. The number of rotatable bonds is 4. The van der Waals surface area contributed by atoms with Gasteiger partial charge in [0, 0.05) is 22.7 Å². The number of nitrogens with zero attached hydrogens (tertiary/aromatic N) is 4. The predicted octanol–water partition coefficient (Wildman–Crippen LogP) is 2.91. The topological polar surface area (TPSA) is 78.3 Å². The second-order valence-corrected chi connectivity index (χ2v) is 6.23. The zero-order valence-electron chi connectivity index (χ0n) is 13.0. The van der Waals surface area contributed by atoms with Gasteiger partial charge < -0.3 is 10.5 Å². The normalized spacial score (nSPS) is 12.4. The molecule has 0 bridgehead atoms. The van der Waals surface area contributed by atoms with Crippen LogP contribution >= 0.6 is 11.3 Å². The van der Waals surface area contributed by atoms with Crippen LogP contribution in [0.1, 0.15) is 16.6 Å². The summed E-state index contributed by atoms with van der Waals surface area (Å²) in [6.45, 7) is 0. The van der Waals surface area contributed by atoms with Gasteiger partial charge in [-0.1, -0.05) is 6.07 Å². The molecule has 0 amide bonds. The van der Waals surface area contributed by atoms with Crippen LogP contribution in [-0.2, 0) is 0 Å². The van der Waals surface area contributed by atoms with E-state index in [0.717, 1.165) is 27.5 Å². The smallest absolute Gasteiger partial charge is 0.212 e. The Morgan fingerprint density at radius 2 is 2.04 bits per heavy atom. The number of imidazole rings is 1. The first-order chi connectivity index (χ1) is 11.8. The molecule has 2 N–H and O–H groups in total. The highest BCUT2D eigenvalue weighted by molar-refractivity contribution is 7.10. The highest BCUT2D eigenvalue weighted by atomic mass is 32.1. The average Bonchev–Trinajstić information content (AvgIpc) is 3.30. The quantitative estimate of drug-likeness (QED) is 0.619. The number of hydrogen-bond donors (Lipinski definition) is 1. The third-order valence-electron chi connectivity index (χ3n) is 3.79. The monoisotopic (exact) mass is 337 g/mol. The van der Waals surface area contributed by atoms with Crippen LogP contribution in [0.5, 0.6) is 5.88 Å². The highest BCUT2D eigenvalue weighted by Gasteiger charge is 2.14. The van der Waals surface area contributed by atoms with E-state index >= 15 is 0 Å². The Morgan fingerprint density at radius 3 is 2.75 bits per heavy atom. The van der Waals surface area contributed by atoms with E-state index in [1.165, 1.54) is 0 Å². The maximum Gasteiger partial charge on any atom is 0.212 e. The first-order valence-electron chi connectivity index (χ1n) is 7.40. The molecule has 0 aliphatic rings. The van der Waals surface area contributed by atoms with Crippen molar-refractivity contribution < 1.29 is 4.74 Å². The number of pyridine rings is 1. The third-order valence-corrected chi connectivity index (χ3v) is 4.75. The minimum absolute atomic E-state index is 0.251. The van der Waals surface area contributed by atoms with Crippen molar-refractivity contribution in [2.75, 3.05) is 7.11 Å². The maximum absolute atomic E-state index is 6.33. The molecule has 6 nitrogen and oxygen atoms in total. The van der Waals surface area contributed by atoms with Crippen LogP contribution in [0.2, 0.25) is 0 Å². The fourth-order valence-electron chi connectivity index (χ4n) is 2.52. The van der Waals surface area contributed by atoms with Crippen molar-refractivity contribution in [2.45, 2.75) is 6.04 Å². The van der Waals surface area contributed by atoms with E-state index < -0.39 is 0 Å². The van der Waals surface area contributed by atoms with Gasteiger partial charge in [-0.15, -0.1) is 11.3 Å². The fraction of sp³-hybridized carbons (Fsp3) is 0.118. The molecule has 1 unspecified atom stereocenters. The second kappa shape index (κ2) is 6.03. The molecule has 0 aliphatic heterocycles. The molecule has 0 aliphatic carbocycles. The molecule has 1 atom stereocenters. The zero-order chi connectivity index (χ0) is 16.5. The van der Waals surface area contributed by atoms with Crippen LogP contribution in [0.25, 0.3) is 16.9 Å². The van der Waals surface area contributed by atoms with Gasteiger partial charge in [0.05, 0.1) is 30.7 Å². The summed E-state index contributed by atoms with van der Waals surface area (Å²) < 4.78 is 6.90. The summed E-state index contributed by atoms with van der Waals surface area (Å²) >= 11 is 1.62. The lowest BCUT2D eigenvalue weighted by Gasteiger charge is -2.10. The Hall–Kier alpha value is -2.77. The van der Waals surface area contributed by atoms with E-state index in [2.05, 4.69) is 15.1 Å². The average molecular weight is 337 g/mol. The van der Waals surface area contributed by atoms with Crippen molar-refractivity contribution in [3.63, 3.8) is 0 Å². The largest absolute Gasteiger partial charge is 0.481 e. The van der Waals surface area contributed by atoms with E-state index in [4.69, 9.17) is 10.5 Å². The molecule has 4 rings (SSSR count). The summed E-state index contributed by atoms with van der Waals surface area (Å²) in [6, 6.07) is 11.4. The summed E-state index contributed by atoms with van der Waals surface area (Å²) in [5.74, 6) is 0.570.